The minimum Gasteiger partial charge on any atom is -0.314 e. The maximum absolute atomic E-state index is 3.73. The largest absolute Gasteiger partial charge is 0.314 e. The van der Waals surface area contributed by atoms with Gasteiger partial charge in [-0.15, -0.1) is 6.58 Å². The van der Waals surface area contributed by atoms with Crippen LogP contribution in [0.15, 0.2) is 12.7 Å². The molecule has 0 saturated carbocycles. The van der Waals surface area contributed by atoms with Crippen molar-refractivity contribution in [2.45, 2.75) is 51.1 Å². The van der Waals surface area contributed by atoms with E-state index in [2.05, 4.69) is 24.1 Å². The second-order valence-corrected chi connectivity index (χ2v) is 6.10. The molecule has 0 aromatic heterocycles. The fourth-order valence-corrected chi connectivity index (χ4v) is 2.95. The highest BCUT2D eigenvalue weighted by Crippen LogP contribution is 2.12. The molecule has 0 radical (unpaired) electrons. The van der Waals surface area contributed by atoms with Gasteiger partial charge in [-0.3, -0.25) is 0 Å². The van der Waals surface area contributed by atoms with Crippen molar-refractivity contribution < 1.29 is 0 Å². The summed E-state index contributed by atoms with van der Waals surface area (Å²) in [7, 11) is 0. The van der Waals surface area contributed by atoms with Gasteiger partial charge in [0.2, 0.25) is 0 Å². The van der Waals surface area contributed by atoms with Crippen molar-refractivity contribution in [3.05, 3.63) is 12.7 Å². The third-order valence-electron chi connectivity index (χ3n) is 3.28. The van der Waals surface area contributed by atoms with E-state index in [1.54, 1.807) is 0 Å². The third kappa shape index (κ3) is 7.85. The van der Waals surface area contributed by atoms with E-state index in [9.17, 15) is 0 Å². The zero-order chi connectivity index (χ0) is 12.3. The molecule has 0 amide bonds. The van der Waals surface area contributed by atoms with Crippen LogP contribution in [0.5, 0.6) is 0 Å². The molecule has 100 valence electrons. The first-order chi connectivity index (χ1) is 8.33. The van der Waals surface area contributed by atoms with Crippen molar-refractivity contribution in [2.75, 3.05) is 24.6 Å². The van der Waals surface area contributed by atoms with Crippen LogP contribution in [-0.4, -0.2) is 36.7 Å². The maximum Gasteiger partial charge on any atom is 0.0111 e. The van der Waals surface area contributed by atoms with Crippen molar-refractivity contribution in [3.63, 3.8) is 0 Å². The van der Waals surface area contributed by atoms with Gasteiger partial charge in [0, 0.05) is 30.1 Å². The van der Waals surface area contributed by atoms with Gasteiger partial charge in [-0.2, -0.15) is 11.8 Å². The minimum absolute atomic E-state index is 0.634. The summed E-state index contributed by atoms with van der Waals surface area (Å²) in [6, 6.07) is 1.37. The molecule has 2 nitrogen and oxygen atoms in total. The molecule has 0 aromatic carbocycles. The Kier molecular flexibility index (Phi) is 8.85. The molecule has 0 aliphatic carbocycles. The predicted molar refractivity (Wildman–Crippen MR) is 79.9 cm³/mol. The van der Waals surface area contributed by atoms with E-state index in [4.69, 9.17) is 0 Å². The van der Waals surface area contributed by atoms with Gasteiger partial charge in [0.15, 0.2) is 0 Å². The molecule has 0 bridgehead atoms. The van der Waals surface area contributed by atoms with Crippen molar-refractivity contribution in [3.8, 4) is 0 Å². The predicted octanol–water partition coefficient (Wildman–Crippen LogP) is 2.81. The van der Waals surface area contributed by atoms with Gasteiger partial charge in [-0.25, -0.2) is 0 Å². The first kappa shape index (κ1) is 15.1. The second-order valence-electron chi connectivity index (χ2n) is 4.95. The lowest BCUT2D eigenvalue weighted by molar-refractivity contribution is 0.409. The maximum atomic E-state index is 3.73. The molecule has 2 atom stereocenters. The monoisotopic (exact) mass is 256 g/mol. The van der Waals surface area contributed by atoms with Gasteiger partial charge < -0.3 is 10.6 Å². The summed E-state index contributed by atoms with van der Waals surface area (Å²) in [5.74, 6) is 2.26. The average Bonchev–Trinajstić information content (AvgIpc) is 2.57. The molecule has 1 heterocycles. The van der Waals surface area contributed by atoms with E-state index in [1.165, 1.54) is 44.4 Å². The van der Waals surface area contributed by atoms with Crippen LogP contribution in [0.25, 0.3) is 0 Å². The molecule has 1 fully saturated rings. The summed E-state index contributed by atoms with van der Waals surface area (Å²) in [6.07, 6.45) is 8.77. The molecule has 0 spiro atoms. The lowest BCUT2D eigenvalue weighted by Crippen LogP contribution is -2.37. The SMILES string of the molecule is C=CCSCCNC(C)CC1CCCCCN1. The summed E-state index contributed by atoms with van der Waals surface area (Å²) < 4.78 is 0. The van der Waals surface area contributed by atoms with Crippen LogP contribution in [0.2, 0.25) is 0 Å². The quantitative estimate of drug-likeness (QED) is 0.516. The fourth-order valence-electron chi connectivity index (χ4n) is 2.36. The molecule has 3 heteroatoms. The molecule has 2 unspecified atom stereocenters. The number of nitrogens with one attached hydrogen (secondary N) is 2. The van der Waals surface area contributed by atoms with Gasteiger partial charge in [0.05, 0.1) is 0 Å². The standard InChI is InChI=1S/C14H28N2S/c1-3-10-17-11-9-15-13(2)12-14-7-5-4-6-8-16-14/h3,13-16H,1,4-12H2,2H3. The van der Waals surface area contributed by atoms with Crippen LogP contribution in [0.4, 0.5) is 0 Å². The summed E-state index contributed by atoms with van der Waals surface area (Å²) in [6.45, 7) is 8.37. The average molecular weight is 256 g/mol. The van der Waals surface area contributed by atoms with Gasteiger partial charge in [0.1, 0.15) is 0 Å². The van der Waals surface area contributed by atoms with E-state index < -0.39 is 0 Å². The molecule has 2 N–H and O–H groups in total. The Bertz CT molecular complexity index is 189. The number of hydrogen-bond acceptors (Lipinski definition) is 3. The third-order valence-corrected chi connectivity index (χ3v) is 4.24. The van der Waals surface area contributed by atoms with E-state index in [-0.39, 0.29) is 0 Å². The van der Waals surface area contributed by atoms with E-state index in [0.29, 0.717) is 6.04 Å². The fraction of sp³-hybridized carbons (Fsp3) is 0.857. The zero-order valence-corrected chi connectivity index (χ0v) is 12.0. The van der Waals surface area contributed by atoms with Gasteiger partial charge >= 0.3 is 0 Å². The topological polar surface area (TPSA) is 24.1 Å². The van der Waals surface area contributed by atoms with Crippen LogP contribution < -0.4 is 10.6 Å². The summed E-state index contributed by atoms with van der Waals surface area (Å²) in [5.41, 5.74) is 0. The van der Waals surface area contributed by atoms with E-state index in [0.717, 1.165) is 18.3 Å². The molecule has 0 aromatic rings. The van der Waals surface area contributed by atoms with Crippen LogP contribution >= 0.6 is 11.8 Å². The van der Waals surface area contributed by atoms with Crippen molar-refractivity contribution in [1.82, 2.24) is 10.6 Å². The lowest BCUT2D eigenvalue weighted by Gasteiger charge is -2.21. The Hall–Kier alpha value is 0.01000. The summed E-state index contributed by atoms with van der Waals surface area (Å²) in [5, 5.41) is 7.28. The molecule has 1 aliphatic heterocycles. The van der Waals surface area contributed by atoms with Crippen LogP contribution in [0.3, 0.4) is 0 Å². The zero-order valence-electron chi connectivity index (χ0n) is 11.2. The molecule has 1 rings (SSSR count). The first-order valence-electron chi connectivity index (χ1n) is 6.98. The Labute approximate surface area is 111 Å². The Morgan fingerprint density at radius 3 is 3.18 bits per heavy atom. The Morgan fingerprint density at radius 1 is 1.47 bits per heavy atom. The van der Waals surface area contributed by atoms with E-state index in [1.807, 2.05) is 17.8 Å². The highest BCUT2D eigenvalue weighted by atomic mass is 32.2. The van der Waals surface area contributed by atoms with E-state index >= 15 is 0 Å². The van der Waals surface area contributed by atoms with Crippen LogP contribution in [0, 0.1) is 0 Å². The Morgan fingerprint density at radius 2 is 2.35 bits per heavy atom. The molecular weight excluding hydrogens is 228 g/mol. The molecular formula is C14H28N2S. The van der Waals surface area contributed by atoms with Crippen LogP contribution in [0.1, 0.15) is 39.0 Å². The van der Waals surface area contributed by atoms with Crippen molar-refractivity contribution in [2.24, 2.45) is 0 Å². The lowest BCUT2D eigenvalue weighted by atomic mass is 10.0. The number of rotatable bonds is 8. The summed E-state index contributed by atoms with van der Waals surface area (Å²) in [4.78, 5) is 0. The molecule has 1 aliphatic rings. The Balaban J connectivity index is 2.02. The molecule has 17 heavy (non-hydrogen) atoms. The highest BCUT2D eigenvalue weighted by molar-refractivity contribution is 7.99. The van der Waals surface area contributed by atoms with Gasteiger partial charge in [0.25, 0.3) is 0 Å². The van der Waals surface area contributed by atoms with Gasteiger partial charge in [-0.1, -0.05) is 18.9 Å². The smallest absolute Gasteiger partial charge is 0.0111 e. The highest BCUT2D eigenvalue weighted by Gasteiger charge is 2.14. The van der Waals surface area contributed by atoms with Crippen molar-refractivity contribution in [1.29, 1.82) is 0 Å². The number of thioether (sulfide) groups is 1. The van der Waals surface area contributed by atoms with Gasteiger partial charge in [-0.05, 0) is 32.7 Å². The minimum atomic E-state index is 0.634. The van der Waals surface area contributed by atoms with Crippen molar-refractivity contribution >= 4 is 11.8 Å². The second kappa shape index (κ2) is 9.98. The normalized spacial score (nSPS) is 23.0. The number of hydrogen-bond donors (Lipinski definition) is 2. The summed E-state index contributed by atoms with van der Waals surface area (Å²) >= 11 is 1.95. The first-order valence-corrected chi connectivity index (χ1v) is 8.14. The molecule has 1 saturated heterocycles. The van der Waals surface area contributed by atoms with Crippen LogP contribution in [-0.2, 0) is 0 Å².